The maximum absolute atomic E-state index is 12.5. The van der Waals surface area contributed by atoms with Crippen LogP contribution >= 0.6 is 0 Å². The van der Waals surface area contributed by atoms with E-state index >= 15 is 0 Å². The number of aromatic nitrogens is 2. The number of carbonyl (C=O) groups excluding carboxylic acids is 1. The maximum atomic E-state index is 12.5. The highest BCUT2D eigenvalue weighted by Crippen LogP contribution is 2.23. The average Bonchev–Trinajstić information content (AvgIpc) is 2.72. The fraction of sp³-hybridized carbons (Fsp3) is 0.389. The van der Waals surface area contributed by atoms with Crippen LogP contribution in [-0.2, 0) is 4.79 Å². The molecule has 0 spiro atoms. The van der Waals surface area contributed by atoms with Crippen LogP contribution in [0, 0.1) is 16.0 Å². The zero-order valence-corrected chi connectivity index (χ0v) is 14.9. The summed E-state index contributed by atoms with van der Waals surface area (Å²) in [5.74, 6) is 0.674. The summed E-state index contributed by atoms with van der Waals surface area (Å²) in [5, 5.41) is 16.9. The van der Waals surface area contributed by atoms with E-state index in [0.29, 0.717) is 25.3 Å². The van der Waals surface area contributed by atoms with Gasteiger partial charge in [0.15, 0.2) is 0 Å². The first kappa shape index (κ1) is 18.6. The Morgan fingerprint density at radius 2 is 2.15 bits per heavy atom. The number of para-hydroxylation sites is 2. The molecule has 1 atom stereocenters. The lowest BCUT2D eigenvalue weighted by Gasteiger charge is -2.32. The number of rotatable bonds is 7. The number of nitrogens with one attached hydrogen (secondary N) is 2. The van der Waals surface area contributed by atoms with Gasteiger partial charge in [0.05, 0.1) is 17.0 Å². The van der Waals surface area contributed by atoms with E-state index in [1.54, 1.807) is 36.8 Å². The first-order valence-electron chi connectivity index (χ1n) is 8.91. The van der Waals surface area contributed by atoms with E-state index in [-0.39, 0.29) is 17.5 Å². The number of hydrogen-bond donors (Lipinski definition) is 2. The fourth-order valence-corrected chi connectivity index (χ4v) is 3.16. The molecule has 1 aromatic carbocycles. The van der Waals surface area contributed by atoms with Crippen molar-refractivity contribution in [3.8, 4) is 0 Å². The molecule has 142 valence electrons. The van der Waals surface area contributed by atoms with Gasteiger partial charge in [-0.2, -0.15) is 0 Å². The van der Waals surface area contributed by atoms with Gasteiger partial charge in [-0.1, -0.05) is 12.1 Å². The SMILES string of the molecule is O=C(NCCNc1ccccc1[N+](=O)[O-])C1CCCN(c2cnccn2)C1. The van der Waals surface area contributed by atoms with Crippen LogP contribution in [0.15, 0.2) is 42.9 Å². The molecule has 0 radical (unpaired) electrons. The van der Waals surface area contributed by atoms with Crippen molar-refractivity contribution in [1.82, 2.24) is 15.3 Å². The lowest BCUT2D eigenvalue weighted by atomic mass is 9.97. The van der Waals surface area contributed by atoms with E-state index in [2.05, 4.69) is 25.5 Å². The van der Waals surface area contributed by atoms with Gasteiger partial charge in [0.25, 0.3) is 5.69 Å². The highest BCUT2D eigenvalue weighted by Gasteiger charge is 2.26. The van der Waals surface area contributed by atoms with Crippen molar-refractivity contribution in [2.75, 3.05) is 36.4 Å². The molecule has 2 heterocycles. The largest absolute Gasteiger partial charge is 0.378 e. The molecule has 1 aromatic heterocycles. The Bertz CT molecular complexity index is 786. The van der Waals surface area contributed by atoms with Crippen molar-refractivity contribution in [2.45, 2.75) is 12.8 Å². The first-order chi connectivity index (χ1) is 13.1. The number of benzene rings is 1. The summed E-state index contributed by atoms with van der Waals surface area (Å²) in [6.07, 6.45) is 6.73. The van der Waals surface area contributed by atoms with E-state index in [0.717, 1.165) is 25.2 Å². The Morgan fingerprint density at radius 1 is 1.30 bits per heavy atom. The Morgan fingerprint density at radius 3 is 2.93 bits per heavy atom. The number of anilines is 2. The number of nitro benzene ring substituents is 1. The second-order valence-corrected chi connectivity index (χ2v) is 6.34. The number of nitrogens with zero attached hydrogens (tertiary/aromatic N) is 4. The molecular formula is C18H22N6O3. The molecule has 1 saturated heterocycles. The molecule has 0 bridgehead atoms. The molecule has 0 saturated carbocycles. The van der Waals surface area contributed by atoms with Crippen LogP contribution in [0.1, 0.15) is 12.8 Å². The number of piperidine rings is 1. The molecule has 2 aromatic rings. The minimum Gasteiger partial charge on any atom is -0.378 e. The lowest BCUT2D eigenvalue weighted by Crippen LogP contribution is -2.44. The van der Waals surface area contributed by atoms with Crippen molar-refractivity contribution in [3.63, 3.8) is 0 Å². The third kappa shape index (κ3) is 4.90. The van der Waals surface area contributed by atoms with Gasteiger partial charge in [0.1, 0.15) is 11.5 Å². The van der Waals surface area contributed by atoms with Gasteiger partial charge in [0, 0.05) is 44.6 Å². The zero-order chi connectivity index (χ0) is 19.1. The quantitative estimate of drug-likeness (QED) is 0.434. The van der Waals surface area contributed by atoms with Crippen molar-refractivity contribution >= 4 is 23.1 Å². The van der Waals surface area contributed by atoms with Gasteiger partial charge < -0.3 is 15.5 Å². The second kappa shape index (κ2) is 8.93. The van der Waals surface area contributed by atoms with Crippen LogP contribution in [0.2, 0.25) is 0 Å². The monoisotopic (exact) mass is 370 g/mol. The number of hydrogen-bond acceptors (Lipinski definition) is 7. The molecular weight excluding hydrogens is 348 g/mol. The molecule has 1 aliphatic rings. The maximum Gasteiger partial charge on any atom is 0.292 e. The molecule has 1 amide bonds. The summed E-state index contributed by atoms with van der Waals surface area (Å²) in [7, 11) is 0. The van der Waals surface area contributed by atoms with Gasteiger partial charge in [-0.25, -0.2) is 4.98 Å². The topological polar surface area (TPSA) is 113 Å². The molecule has 9 nitrogen and oxygen atoms in total. The number of amides is 1. The van der Waals surface area contributed by atoms with Gasteiger partial charge in [-0.15, -0.1) is 0 Å². The van der Waals surface area contributed by atoms with Gasteiger partial charge in [-0.3, -0.25) is 19.9 Å². The highest BCUT2D eigenvalue weighted by molar-refractivity contribution is 5.79. The summed E-state index contributed by atoms with van der Waals surface area (Å²) in [6, 6.07) is 6.46. The zero-order valence-electron chi connectivity index (χ0n) is 14.9. The highest BCUT2D eigenvalue weighted by atomic mass is 16.6. The minimum absolute atomic E-state index is 0.00653. The Labute approximate surface area is 157 Å². The van der Waals surface area contributed by atoms with E-state index in [1.165, 1.54) is 6.07 Å². The van der Waals surface area contributed by atoms with Crippen LogP contribution < -0.4 is 15.5 Å². The average molecular weight is 370 g/mol. The van der Waals surface area contributed by atoms with Crippen molar-refractivity contribution in [2.24, 2.45) is 5.92 Å². The van der Waals surface area contributed by atoms with E-state index in [9.17, 15) is 14.9 Å². The third-order valence-corrected chi connectivity index (χ3v) is 4.51. The van der Waals surface area contributed by atoms with Gasteiger partial charge in [-0.05, 0) is 18.9 Å². The van der Waals surface area contributed by atoms with E-state index in [1.807, 2.05) is 0 Å². The predicted molar refractivity (Wildman–Crippen MR) is 102 cm³/mol. The van der Waals surface area contributed by atoms with E-state index in [4.69, 9.17) is 0 Å². The summed E-state index contributed by atoms with van der Waals surface area (Å²) >= 11 is 0. The normalized spacial score (nSPS) is 16.6. The molecule has 1 fully saturated rings. The fourth-order valence-electron chi connectivity index (χ4n) is 3.16. The Hall–Kier alpha value is -3.23. The van der Waals surface area contributed by atoms with Crippen LogP contribution in [-0.4, -0.2) is 47.0 Å². The van der Waals surface area contributed by atoms with E-state index < -0.39 is 4.92 Å². The number of nitro groups is 1. The Kier molecular flexibility index (Phi) is 6.14. The van der Waals surface area contributed by atoms with Crippen LogP contribution in [0.4, 0.5) is 17.2 Å². The Balaban J connectivity index is 1.46. The standard InChI is InChI=1S/C18H22N6O3/c25-18(14-4-3-11-23(13-14)17-12-19-7-8-21-17)22-10-9-20-15-5-1-2-6-16(15)24(26)27/h1-2,5-8,12,14,20H,3-4,9-11,13H2,(H,22,25). The van der Waals surface area contributed by atoms with Crippen molar-refractivity contribution in [1.29, 1.82) is 0 Å². The van der Waals surface area contributed by atoms with Crippen LogP contribution in [0.5, 0.6) is 0 Å². The molecule has 1 unspecified atom stereocenters. The predicted octanol–water partition coefficient (Wildman–Crippen LogP) is 1.83. The van der Waals surface area contributed by atoms with Crippen molar-refractivity contribution in [3.05, 3.63) is 53.0 Å². The molecule has 3 rings (SSSR count). The third-order valence-electron chi connectivity index (χ3n) is 4.51. The summed E-state index contributed by atoms with van der Waals surface area (Å²) in [4.78, 5) is 33.5. The smallest absolute Gasteiger partial charge is 0.292 e. The summed E-state index contributed by atoms with van der Waals surface area (Å²) < 4.78 is 0. The summed E-state index contributed by atoms with van der Waals surface area (Å²) in [6.45, 7) is 2.29. The van der Waals surface area contributed by atoms with Crippen LogP contribution in [0.3, 0.4) is 0 Å². The molecule has 1 aliphatic heterocycles. The first-order valence-corrected chi connectivity index (χ1v) is 8.91. The molecule has 9 heteroatoms. The lowest BCUT2D eigenvalue weighted by molar-refractivity contribution is -0.384. The van der Waals surface area contributed by atoms with Crippen molar-refractivity contribution < 1.29 is 9.72 Å². The second-order valence-electron chi connectivity index (χ2n) is 6.34. The molecule has 27 heavy (non-hydrogen) atoms. The van der Waals surface area contributed by atoms with Gasteiger partial charge >= 0.3 is 0 Å². The van der Waals surface area contributed by atoms with Crippen LogP contribution in [0.25, 0.3) is 0 Å². The molecule has 2 N–H and O–H groups in total. The van der Waals surface area contributed by atoms with Gasteiger partial charge in [0.2, 0.25) is 5.91 Å². The molecule has 0 aliphatic carbocycles. The minimum atomic E-state index is -0.427. The number of carbonyl (C=O) groups is 1. The summed E-state index contributed by atoms with van der Waals surface area (Å²) in [5.41, 5.74) is 0.471.